The lowest BCUT2D eigenvalue weighted by molar-refractivity contribution is -0.134. The van der Waals surface area contributed by atoms with E-state index in [-0.39, 0.29) is 17.2 Å². The molecule has 1 aromatic heterocycles. The number of hydrogen-bond donors (Lipinski definition) is 1. The molecule has 1 unspecified atom stereocenters. The second kappa shape index (κ2) is 9.14. The number of halogens is 2. The van der Waals surface area contributed by atoms with Crippen molar-refractivity contribution in [3.05, 3.63) is 51.7 Å². The summed E-state index contributed by atoms with van der Waals surface area (Å²) >= 11 is 1.70. The summed E-state index contributed by atoms with van der Waals surface area (Å²) in [4.78, 5) is 28.7. The molecule has 2 amide bonds. The fourth-order valence-electron chi connectivity index (χ4n) is 3.26. The topological polar surface area (TPSA) is 58.6 Å². The lowest BCUT2D eigenvalue weighted by atomic mass is 10.1. The Bertz CT molecular complexity index is 840. The maximum atomic E-state index is 13.0. The standard InChI is InChI=1S/C20H22F2N2O3S/c1-2-4-16(19(26)24-9-7-17-14(12-24)8-10-28-17)23-18(25)13-5-3-6-15(11-13)27-20(21)22/h3,5-6,8,10-11,16,20H,2,4,7,9,12H2,1H3,(H,23,25). The van der Waals surface area contributed by atoms with Gasteiger partial charge < -0.3 is 15.0 Å². The highest BCUT2D eigenvalue weighted by atomic mass is 32.1. The molecule has 28 heavy (non-hydrogen) atoms. The van der Waals surface area contributed by atoms with Crippen LogP contribution in [0, 0.1) is 0 Å². The molecule has 5 nitrogen and oxygen atoms in total. The zero-order valence-corrected chi connectivity index (χ0v) is 16.3. The van der Waals surface area contributed by atoms with Crippen molar-refractivity contribution in [3.8, 4) is 5.75 Å². The van der Waals surface area contributed by atoms with Crippen LogP contribution in [0.15, 0.2) is 35.7 Å². The Hall–Kier alpha value is -2.48. The molecule has 0 aliphatic carbocycles. The fourth-order valence-corrected chi connectivity index (χ4v) is 4.15. The van der Waals surface area contributed by atoms with Gasteiger partial charge in [-0.2, -0.15) is 8.78 Å². The Balaban J connectivity index is 1.69. The van der Waals surface area contributed by atoms with Crippen LogP contribution in [-0.2, 0) is 17.8 Å². The minimum Gasteiger partial charge on any atom is -0.435 e. The number of alkyl halides is 2. The van der Waals surface area contributed by atoms with E-state index in [1.165, 1.54) is 29.1 Å². The molecule has 0 radical (unpaired) electrons. The van der Waals surface area contributed by atoms with Gasteiger partial charge in [-0.3, -0.25) is 9.59 Å². The van der Waals surface area contributed by atoms with Crippen LogP contribution in [0.2, 0.25) is 0 Å². The highest BCUT2D eigenvalue weighted by Crippen LogP contribution is 2.25. The number of benzene rings is 1. The summed E-state index contributed by atoms with van der Waals surface area (Å²) in [5, 5.41) is 4.79. The summed E-state index contributed by atoms with van der Waals surface area (Å²) in [5.41, 5.74) is 1.33. The van der Waals surface area contributed by atoms with Gasteiger partial charge in [0.2, 0.25) is 5.91 Å². The van der Waals surface area contributed by atoms with Crippen molar-refractivity contribution < 1.29 is 23.1 Å². The minimum absolute atomic E-state index is 0.0953. The Morgan fingerprint density at radius 1 is 1.32 bits per heavy atom. The number of amides is 2. The van der Waals surface area contributed by atoms with Gasteiger partial charge in [0.05, 0.1) is 0 Å². The predicted octanol–water partition coefficient (Wildman–Crippen LogP) is 3.83. The highest BCUT2D eigenvalue weighted by Gasteiger charge is 2.28. The van der Waals surface area contributed by atoms with E-state index in [0.29, 0.717) is 19.5 Å². The molecule has 2 heterocycles. The van der Waals surface area contributed by atoms with Crippen molar-refractivity contribution in [1.29, 1.82) is 0 Å². The number of nitrogens with one attached hydrogen (secondary N) is 1. The molecule has 1 aliphatic heterocycles. The predicted molar refractivity (Wildman–Crippen MR) is 103 cm³/mol. The second-order valence-electron chi connectivity index (χ2n) is 6.60. The average molecular weight is 408 g/mol. The monoisotopic (exact) mass is 408 g/mol. The largest absolute Gasteiger partial charge is 0.435 e. The summed E-state index contributed by atoms with van der Waals surface area (Å²) in [6.07, 6.45) is 2.05. The minimum atomic E-state index is -2.96. The molecule has 150 valence electrons. The van der Waals surface area contributed by atoms with Crippen LogP contribution in [0.25, 0.3) is 0 Å². The van der Waals surface area contributed by atoms with Gasteiger partial charge in [0.25, 0.3) is 5.91 Å². The number of fused-ring (bicyclic) bond motifs is 1. The summed E-state index contributed by atoms with van der Waals surface area (Å²) in [6, 6.07) is 6.93. The van der Waals surface area contributed by atoms with Gasteiger partial charge in [-0.1, -0.05) is 19.4 Å². The molecular weight excluding hydrogens is 386 g/mol. The van der Waals surface area contributed by atoms with Gasteiger partial charge in [0, 0.05) is 23.5 Å². The first-order valence-electron chi connectivity index (χ1n) is 9.17. The molecule has 1 aromatic carbocycles. The van der Waals surface area contributed by atoms with Crippen LogP contribution in [0.5, 0.6) is 5.75 Å². The summed E-state index contributed by atoms with van der Waals surface area (Å²) in [5.74, 6) is -0.700. The molecular formula is C20H22F2N2O3S. The van der Waals surface area contributed by atoms with Crippen LogP contribution in [0.3, 0.4) is 0 Å². The first-order chi connectivity index (χ1) is 13.5. The quantitative estimate of drug-likeness (QED) is 0.758. The Morgan fingerprint density at radius 2 is 2.14 bits per heavy atom. The normalized spacial score (nSPS) is 14.5. The maximum absolute atomic E-state index is 13.0. The number of thiophene rings is 1. The first-order valence-corrected chi connectivity index (χ1v) is 10.1. The van der Waals surface area contributed by atoms with E-state index in [1.807, 2.05) is 18.4 Å². The van der Waals surface area contributed by atoms with Crippen LogP contribution in [0.4, 0.5) is 8.78 Å². The zero-order chi connectivity index (χ0) is 20.1. The third kappa shape index (κ3) is 4.86. The van der Waals surface area contributed by atoms with Gasteiger partial charge >= 0.3 is 6.61 Å². The molecule has 0 spiro atoms. The first kappa shape index (κ1) is 20.3. The smallest absolute Gasteiger partial charge is 0.387 e. The highest BCUT2D eigenvalue weighted by molar-refractivity contribution is 7.10. The van der Waals surface area contributed by atoms with Crippen molar-refractivity contribution in [3.63, 3.8) is 0 Å². The van der Waals surface area contributed by atoms with Gasteiger partial charge in [-0.15, -0.1) is 11.3 Å². The number of carbonyl (C=O) groups is 2. The maximum Gasteiger partial charge on any atom is 0.387 e. The fraction of sp³-hybridized carbons (Fsp3) is 0.400. The molecule has 3 rings (SSSR count). The van der Waals surface area contributed by atoms with Gasteiger partial charge in [0.1, 0.15) is 11.8 Å². The van der Waals surface area contributed by atoms with Crippen LogP contribution in [0.1, 0.15) is 40.6 Å². The number of carbonyl (C=O) groups excluding carboxylic acids is 2. The van der Waals surface area contributed by atoms with E-state index >= 15 is 0 Å². The SMILES string of the molecule is CCCC(NC(=O)c1cccc(OC(F)F)c1)C(=O)N1CCc2sccc2C1. The van der Waals surface area contributed by atoms with Crippen LogP contribution >= 0.6 is 11.3 Å². The molecule has 1 atom stereocenters. The summed E-state index contributed by atoms with van der Waals surface area (Å²) in [7, 11) is 0. The molecule has 0 fully saturated rings. The number of hydrogen-bond acceptors (Lipinski definition) is 4. The lowest BCUT2D eigenvalue weighted by Gasteiger charge is -2.31. The van der Waals surface area contributed by atoms with Crippen molar-refractivity contribution in [2.75, 3.05) is 6.54 Å². The summed E-state index contributed by atoms with van der Waals surface area (Å²) in [6.45, 7) is 0.149. The van der Waals surface area contributed by atoms with E-state index in [0.717, 1.165) is 18.4 Å². The molecule has 0 saturated carbocycles. The number of nitrogens with zero attached hydrogens (tertiary/aromatic N) is 1. The van der Waals surface area contributed by atoms with Gasteiger partial charge in [0.15, 0.2) is 0 Å². The Kier molecular flexibility index (Phi) is 6.61. The molecule has 2 aromatic rings. The van der Waals surface area contributed by atoms with Crippen LogP contribution < -0.4 is 10.1 Å². The zero-order valence-electron chi connectivity index (χ0n) is 15.5. The van der Waals surface area contributed by atoms with Gasteiger partial charge in [-0.05, 0) is 48.1 Å². The molecule has 1 N–H and O–H groups in total. The van der Waals surface area contributed by atoms with E-state index in [2.05, 4.69) is 10.1 Å². The van der Waals surface area contributed by atoms with E-state index in [1.54, 1.807) is 16.2 Å². The third-order valence-electron chi connectivity index (χ3n) is 4.62. The van der Waals surface area contributed by atoms with Crippen molar-refractivity contribution in [1.82, 2.24) is 10.2 Å². The summed E-state index contributed by atoms with van der Waals surface area (Å²) < 4.78 is 29.1. The van der Waals surface area contributed by atoms with E-state index in [9.17, 15) is 18.4 Å². The third-order valence-corrected chi connectivity index (χ3v) is 5.64. The van der Waals surface area contributed by atoms with E-state index in [4.69, 9.17) is 0 Å². The molecule has 1 aliphatic rings. The number of ether oxygens (including phenoxy) is 1. The Labute approximate surface area is 166 Å². The van der Waals surface area contributed by atoms with Crippen molar-refractivity contribution >= 4 is 23.2 Å². The average Bonchev–Trinajstić information content (AvgIpc) is 3.14. The Morgan fingerprint density at radius 3 is 2.89 bits per heavy atom. The molecule has 0 saturated heterocycles. The van der Waals surface area contributed by atoms with Crippen molar-refractivity contribution in [2.45, 2.75) is 45.4 Å². The number of rotatable bonds is 7. The lowest BCUT2D eigenvalue weighted by Crippen LogP contribution is -2.49. The second-order valence-corrected chi connectivity index (χ2v) is 7.60. The molecule has 8 heteroatoms. The van der Waals surface area contributed by atoms with E-state index < -0.39 is 18.6 Å². The van der Waals surface area contributed by atoms with Gasteiger partial charge in [-0.25, -0.2) is 0 Å². The molecule has 0 bridgehead atoms. The van der Waals surface area contributed by atoms with Crippen molar-refractivity contribution in [2.24, 2.45) is 0 Å². The van der Waals surface area contributed by atoms with Crippen LogP contribution in [-0.4, -0.2) is 35.9 Å².